The fourth-order valence-electron chi connectivity index (χ4n) is 1.32. The maximum atomic E-state index is 8.70. The van der Waals surface area contributed by atoms with Gasteiger partial charge in [0.25, 0.3) is 0 Å². The highest BCUT2D eigenvalue weighted by Crippen LogP contribution is 2.25. The number of benzene rings is 1. The SMILES string of the molecule is CCc1c(N)cccc1N(C#N)C#N. The number of hydrogen-bond donors (Lipinski definition) is 1. The van der Waals surface area contributed by atoms with Crippen LogP contribution in [0.15, 0.2) is 18.2 Å². The largest absolute Gasteiger partial charge is 0.398 e. The van der Waals surface area contributed by atoms with Crippen molar-refractivity contribution in [2.24, 2.45) is 0 Å². The summed E-state index contributed by atoms with van der Waals surface area (Å²) >= 11 is 0. The number of anilines is 2. The minimum absolute atomic E-state index is 0.567. The predicted octanol–water partition coefficient (Wildman–Crippen LogP) is 1.60. The lowest BCUT2D eigenvalue weighted by Crippen LogP contribution is -2.11. The highest BCUT2D eigenvalue weighted by atomic mass is 15.1. The zero-order valence-electron chi connectivity index (χ0n) is 7.86. The first-order valence-corrected chi connectivity index (χ1v) is 4.21. The average molecular weight is 186 g/mol. The molecule has 0 heterocycles. The lowest BCUT2D eigenvalue weighted by Gasteiger charge is -2.12. The van der Waals surface area contributed by atoms with Crippen LogP contribution in [0.1, 0.15) is 12.5 Å². The Morgan fingerprint density at radius 2 is 2.00 bits per heavy atom. The number of hydrogen-bond acceptors (Lipinski definition) is 4. The summed E-state index contributed by atoms with van der Waals surface area (Å²) in [6.45, 7) is 1.93. The van der Waals surface area contributed by atoms with Crippen molar-refractivity contribution < 1.29 is 0 Å². The van der Waals surface area contributed by atoms with Crippen molar-refractivity contribution in [1.29, 1.82) is 10.5 Å². The van der Waals surface area contributed by atoms with Gasteiger partial charge in [-0.3, -0.25) is 0 Å². The van der Waals surface area contributed by atoms with E-state index in [0.717, 1.165) is 10.5 Å². The van der Waals surface area contributed by atoms with Gasteiger partial charge in [-0.1, -0.05) is 13.0 Å². The minimum atomic E-state index is 0.567. The molecule has 2 N–H and O–H groups in total. The number of nitriles is 2. The van der Waals surface area contributed by atoms with E-state index in [1.165, 1.54) is 0 Å². The third kappa shape index (κ3) is 1.60. The van der Waals surface area contributed by atoms with Crippen molar-refractivity contribution >= 4 is 11.4 Å². The Kier molecular flexibility index (Phi) is 2.93. The second-order valence-electron chi connectivity index (χ2n) is 2.73. The van der Waals surface area contributed by atoms with Crippen LogP contribution in [0.25, 0.3) is 0 Å². The first kappa shape index (κ1) is 9.88. The minimum Gasteiger partial charge on any atom is -0.398 e. The van der Waals surface area contributed by atoms with Crippen molar-refractivity contribution in [2.45, 2.75) is 13.3 Å². The van der Waals surface area contributed by atoms with E-state index in [9.17, 15) is 0 Å². The summed E-state index contributed by atoms with van der Waals surface area (Å²) in [6.07, 6.45) is 4.27. The molecule has 0 radical (unpaired) electrons. The molecule has 0 fully saturated rings. The van der Waals surface area contributed by atoms with Crippen LogP contribution in [0.4, 0.5) is 11.4 Å². The van der Waals surface area contributed by atoms with Gasteiger partial charge in [0.15, 0.2) is 12.4 Å². The van der Waals surface area contributed by atoms with Gasteiger partial charge in [-0.25, -0.2) is 0 Å². The van der Waals surface area contributed by atoms with E-state index in [4.69, 9.17) is 16.3 Å². The molecule has 0 unspecified atom stereocenters. The Bertz CT molecular complexity index is 397. The first-order valence-electron chi connectivity index (χ1n) is 4.21. The van der Waals surface area contributed by atoms with Crippen LogP contribution in [0.5, 0.6) is 0 Å². The third-order valence-corrected chi connectivity index (χ3v) is 1.98. The molecular weight excluding hydrogens is 176 g/mol. The monoisotopic (exact) mass is 186 g/mol. The van der Waals surface area contributed by atoms with Gasteiger partial charge in [0.1, 0.15) is 0 Å². The molecule has 0 aliphatic heterocycles. The molecule has 0 bridgehead atoms. The number of nitrogens with two attached hydrogens (primary N) is 1. The van der Waals surface area contributed by atoms with E-state index in [2.05, 4.69) is 0 Å². The summed E-state index contributed by atoms with van der Waals surface area (Å²) in [6, 6.07) is 5.20. The van der Waals surface area contributed by atoms with Crippen molar-refractivity contribution in [1.82, 2.24) is 0 Å². The Hall–Kier alpha value is -2.20. The lowest BCUT2D eigenvalue weighted by molar-refractivity contribution is 1.12. The average Bonchev–Trinajstić information content (AvgIpc) is 2.20. The molecule has 14 heavy (non-hydrogen) atoms. The molecule has 0 atom stereocenters. The molecule has 1 aromatic rings. The predicted molar refractivity (Wildman–Crippen MR) is 53.9 cm³/mol. The molecule has 0 saturated heterocycles. The van der Waals surface area contributed by atoms with Gasteiger partial charge in [0.2, 0.25) is 0 Å². The van der Waals surface area contributed by atoms with Crippen LogP contribution >= 0.6 is 0 Å². The van der Waals surface area contributed by atoms with Crippen molar-refractivity contribution in [2.75, 3.05) is 10.6 Å². The van der Waals surface area contributed by atoms with Crippen LogP contribution in [0.3, 0.4) is 0 Å². The van der Waals surface area contributed by atoms with Crippen LogP contribution in [0.2, 0.25) is 0 Å². The second-order valence-corrected chi connectivity index (χ2v) is 2.73. The molecule has 0 aromatic heterocycles. The summed E-state index contributed by atoms with van der Waals surface area (Å²) in [7, 11) is 0. The van der Waals surface area contributed by atoms with Crippen LogP contribution in [-0.2, 0) is 6.42 Å². The fourth-order valence-corrected chi connectivity index (χ4v) is 1.32. The van der Waals surface area contributed by atoms with Crippen molar-refractivity contribution in [3.63, 3.8) is 0 Å². The van der Waals surface area contributed by atoms with E-state index in [1.807, 2.05) is 6.92 Å². The summed E-state index contributed by atoms with van der Waals surface area (Å²) in [5, 5.41) is 17.4. The maximum Gasteiger partial charge on any atom is 0.198 e. The molecule has 1 rings (SSSR count). The smallest absolute Gasteiger partial charge is 0.198 e. The van der Waals surface area contributed by atoms with Crippen LogP contribution < -0.4 is 10.6 Å². The van der Waals surface area contributed by atoms with Crippen LogP contribution in [0, 0.1) is 22.9 Å². The van der Waals surface area contributed by atoms with Crippen molar-refractivity contribution in [3.8, 4) is 12.4 Å². The Morgan fingerprint density at radius 1 is 1.36 bits per heavy atom. The highest BCUT2D eigenvalue weighted by Gasteiger charge is 2.10. The fraction of sp³-hybridized carbons (Fsp3) is 0.200. The van der Waals surface area contributed by atoms with Gasteiger partial charge < -0.3 is 5.73 Å². The zero-order valence-corrected chi connectivity index (χ0v) is 7.86. The maximum absolute atomic E-state index is 8.70. The summed E-state index contributed by atoms with van der Waals surface area (Å²) < 4.78 is 0. The molecule has 4 heteroatoms. The molecule has 0 spiro atoms. The number of nitrogens with zero attached hydrogens (tertiary/aromatic N) is 3. The third-order valence-electron chi connectivity index (χ3n) is 1.98. The van der Waals surface area contributed by atoms with Crippen LogP contribution in [-0.4, -0.2) is 0 Å². The first-order chi connectivity index (χ1) is 6.74. The number of nitrogen functional groups attached to an aromatic ring is 1. The van der Waals surface area contributed by atoms with Gasteiger partial charge in [-0.2, -0.15) is 15.4 Å². The van der Waals surface area contributed by atoms with Gasteiger partial charge in [-0.15, -0.1) is 0 Å². The summed E-state index contributed by atoms with van der Waals surface area (Å²) in [5.41, 5.74) is 7.74. The topological polar surface area (TPSA) is 76.8 Å². The molecule has 70 valence electrons. The molecule has 1 aromatic carbocycles. The van der Waals surface area contributed by atoms with Gasteiger partial charge in [0, 0.05) is 11.3 Å². The van der Waals surface area contributed by atoms with E-state index in [0.29, 0.717) is 17.8 Å². The van der Waals surface area contributed by atoms with E-state index >= 15 is 0 Å². The van der Waals surface area contributed by atoms with Crippen molar-refractivity contribution in [3.05, 3.63) is 23.8 Å². The van der Waals surface area contributed by atoms with Gasteiger partial charge >= 0.3 is 0 Å². The Balaban J connectivity index is 3.29. The normalized spacial score (nSPS) is 8.79. The Morgan fingerprint density at radius 3 is 2.50 bits per heavy atom. The molecule has 0 aliphatic carbocycles. The summed E-state index contributed by atoms with van der Waals surface area (Å²) in [4.78, 5) is 0.954. The van der Waals surface area contributed by atoms with Gasteiger partial charge in [0.05, 0.1) is 5.69 Å². The molecule has 0 amide bonds. The standard InChI is InChI=1S/C10H10N4/c1-2-8-9(13)4-3-5-10(8)14(6-11)7-12/h3-5H,2,13H2,1H3. The van der Waals surface area contributed by atoms with E-state index in [1.54, 1.807) is 30.6 Å². The van der Waals surface area contributed by atoms with E-state index in [-0.39, 0.29) is 0 Å². The molecular formula is C10H10N4. The Labute approximate surface area is 82.8 Å². The van der Waals surface area contributed by atoms with E-state index < -0.39 is 0 Å². The second kappa shape index (κ2) is 4.15. The molecule has 0 saturated carbocycles. The molecule has 0 aliphatic rings. The van der Waals surface area contributed by atoms with Gasteiger partial charge in [-0.05, 0) is 18.6 Å². The molecule has 4 nitrogen and oxygen atoms in total. The number of rotatable bonds is 2. The lowest BCUT2D eigenvalue weighted by atomic mass is 10.1. The zero-order chi connectivity index (χ0) is 10.6. The summed E-state index contributed by atoms with van der Waals surface area (Å²) in [5.74, 6) is 0. The highest BCUT2D eigenvalue weighted by molar-refractivity contribution is 5.68. The quantitative estimate of drug-likeness (QED) is 0.432.